The Hall–Kier alpha value is -0.0200. The molecule has 0 spiro atoms. The number of hydrogen-bond donors (Lipinski definition) is 0. The zero-order valence-corrected chi connectivity index (χ0v) is 15.6. The van der Waals surface area contributed by atoms with Crippen LogP contribution in [-0.4, -0.2) is 15.2 Å². The van der Waals surface area contributed by atoms with Crippen molar-refractivity contribution < 1.29 is 0 Å². The van der Waals surface area contributed by atoms with Crippen molar-refractivity contribution in [1.82, 2.24) is 9.78 Å². The van der Waals surface area contributed by atoms with Gasteiger partial charge in [0.15, 0.2) is 0 Å². The first kappa shape index (κ1) is 16.4. The molecule has 3 unspecified atom stereocenters. The van der Waals surface area contributed by atoms with Crippen LogP contribution < -0.4 is 0 Å². The molecule has 2 nitrogen and oxygen atoms in total. The van der Waals surface area contributed by atoms with E-state index >= 15 is 0 Å². The zero-order chi connectivity index (χ0) is 15.1. The predicted molar refractivity (Wildman–Crippen MR) is 89.3 cm³/mol. The summed E-state index contributed by atoms with van der Waals surface area (Å²) in [5.41, 5.74) is 2.56. The van der Waals surface area contributed by atoms with Gasteiger partial charge in [-0.2, -0.15) is 5.10 Å². The van der Waals surface area contributed by atoms with Crippen molar-refractivity contribution in [3.63, 3.8) is 0 Å². The molecule has 1 aliphatic rings. The van der Waals surface area contributed by atoms with Gasteiger partial charge in [-0.05, 0) is 59.4 Å². The van der Waals surface area contributed by atoms with Crippen LogP contribution in [-0.2, 0) is 13.5 Å². The number of rotatable bonds is 3. The van der Waals surface area contributed by atoms with Crippen molar-refractivity contribution in [2.75, 3.05) is 0 Å². The summed E-state index contributed by atoms with van der Waals surface area (Å²) < 4.78 is 3.17. The standard InChI is InChI=1S/C16H26BrClN2/c1-10-6-7-12(13(18)8-10)16(3,4)9-14-15(17)11(2)19-20(14)5/h10,12-13H,6-9H2,1-5H3. The van der Waals surface area contributed by atoms with Crippen LogP contribution in [0, 0.1) is 24.2 Å². The van der Waals surface area contributed by atoms with Gasteiger partial charge in [-0.15, -0.1) is 11.6 Å². The molecule has 1 aromatic rings. The Morgan fingerprint density at radius 3 is 2.55 bits per heavy atom. The van der Waals surface area contributed by atoms with Gasteiger partial charge in [-0.3, -0.25) is 4.68 Å². The number of halogens is 2. The van der Waals surface area contributed by atoms with Crippen molar-refractivity contribution in [3.05, 3.63) is 15.9 Å². The minimum Gasteiger partial charge on any atom is -0.271 e. The van der Waals surface area contributed by atoms with E-state index in [9.17, 15) is 0 Å². The number of hydrogen-bond acceptors (Lipinski definition) is 1. The van der Waals surface area contributed by atoms with Gasteiger partial charge in [0.25, 0.3) is 0 Å². The molecule has 4 heteroatoms. The summed E-state index contributed by atoms with van der Waals surface area (Å²) in [6.45, 7) is 9.09. The zero-order valence-electron chi connectivity index (χ0n) is 13.2. The second-order valence-corrected chi connectivity index (χ2v) is 8.53. The summed E-state index contributed by atoms with van der Waals surface area (Å²) in [4.78, 5) is 0. The molecule has 0 aliphatic heterocycles. The SMILES string of the molecule is Cc1nn(C)c(CC(C)(C)C2CCC(C)CC2Cl)c1Br. The normalized spacial score (nSPS) is 27.9. The van der Waals surface area contributed by atoms with Crippen LogP contribution >= 0.6 is 27.5 Å². The van der Waals surface area contributed by atoms with Crippen molar-refractivity contribution in [3.8, 4) is 0 Å². The van der Waals surface area contributed by atoms with Crippen LogP contribution in [0.1, 0.15) is 51.4 Å². The van der Waals surface area contributed by atoms with E-state index in [4.69, 9.17) is 11.6 Å². The Bertz CT molecular complexity index is 481. The summed E-state index contributed by atoms with van der Waals surface area (Å²) in [6, 6.07) is 0. The molecule has 0 amide bonds. The molecule has 2 rings (SSSR count). The van der Waals surface area contributed by atoms with Crippen LogP contribution in [0.15, 0.2) is 4.47 Å². The van der Waals surface area contributed by atoms with Gasteiger partial charge in [0, 0.05) is 12.4 Å². The number of aromatic nitrogens is 2. The Balaban J connectivity index is 2.18. The van der Waals surface area contributed by atoms with Crippen molar-refractivity contribution in [1.29, 1.82) is 0 Å². The largest absolute Gasteiger partial charge is 0.271 e. The molecule has 3 atom stereocenters. The summed E-state index contributed by atoms with van der Waals surface area (Å²) in [7, 11) is 2.03. The van der Waals surface area contributed by atoms with Gasteiger partial charge in [-0.1, -0.05) is 27.2 Å². The van der Waals surface area contributed by atoms with Crippen LogP contribution in [0.25, 0.3) is 0 Å². The first-order valence-corrected chi connectivity index (χ1v) is 8.77. The first-order valence-electron chi connectivity index (χ1n) is 7.54. The van der Waals surface area contributed by atoms with E-state index in [1.807, 2.05) is 18.7 Å². The molecule has 1 aliphatic carbocycles. The third kappa shape index (κ3) is 3.24. The average Bonchev–Trinajstić information content (AvgIpc) is 2.55. The molecule has 0 bridgehead atoms. The molecule has 1 aromatic heterocycles. The van der Waals surface area contributed by atoms with E-state index < -0.39 is 0 Å². The molecule has 20 heavy (non-hydrogen) atoms. The maximum atomic E-state index is 6.68. The van der Waals surface area contributed by atoms with Gasteiger partial charge >= 0.3 is 0 Å². The van der Waals surface area contributed by atoms with Gasteiger partial charge < -0.3 is 0 Å². The summed E-state index contributed by atoms with van der Waals surface area (Å²) in [5, 5.41) is 4.82. The highest BCUT2D eigenvalue weighted by atomic mass is 79.9. The van der Waals surface area contributed by atoms with Gasteiger partial charge in [0.2, 0.25) is 0 Å². The molecule has 1 fully saturated rings. The third-order valence-electron chi connectivity index (χ3n) is 4.92. The van der Waals surface area contributed by atoms with Crippen LogP contribution in [0.3, 0.4) is 0 Å². The lowest BCUT2D eigenvalue weighted by molar-refractivity contribution is 0.139. The molecular formula is C16H26BrClN2. The van der Waals surface area contributed by atoms with Gasteiger partial charge in [0.05, 0.1) is 15.9 Å². The second-order valence-electron chi connectivity index (χ2n) is 7.18. The van der Waals surface area contributed by atoms with Crippen molar-refractivity contribution in [2.24, 2.45) is 24.3 Å². The Kier molecular flexibility index (Phi) is 4.91. The van der Waals surface area contributed by atoms with E-state index in [0.29, 0.717) is 11.3 Å². The molecule has 0 N–H and O–H groups in total. The molecule has 1 heterocycles. The van der Waals surface area contributed by atoms with Crippen LogP contribution in [0.5, 0.6) is 0 Å². The number of aryl methyl sites for hydroxylation is 2. The van der Waals surface area contributed by atoms with E-state index in [1.54, 1.807) is 0 Å². The maximum absolute atomic E-state index is 6.68. The fraction of sp³-hybridized carbons (Fsp3) is 0.812. The molecule has 1 saturated carbocycles. The van der Waals surface area contributed by atoms with Gasteiger partial charge in [-0.25, -0.2) is 0 Å². The van der Waals surface area contributed by atoms with Gasteiger partial charge in [0.1, 0.15) is 0 Å². The molecule has 0 saturated heterocycles. The minimum absolute atomic E-state index is 0.204. The highest BCUT2D eigenvalue weighted by molar-refractivity contribution is 9.10. The first-order chi connectivity index (χ1) is 9.22. The molecule has 114 valence electrons. The highest BCUT2D eigenvalue weighted by Crippen LogP contribution is 2.45. The Labute approximate surface area is 136 Å². The summed E-state index contributed by atoms with van der Waals surface area (Å²) in [6.07, 6.45) is 4.73. The molecular weight excluding hydrogens is 336 g/mol. The predicted octanol–water partition coefficient (Wildman–Crippen LogP) is 5.10. The topological polar surface area (TPSA) is 17.8 Å². The van der Waals surface area contributed by atoms with Crippen LogP contribution in [0.4, 0.5) is 0 Å². The van der Waals surface area contributed by atoms with E-state index in [0.717, 1.165) is 28.9 Å². The minimum atomic E-state index is 0.204. The molecule has 0 aromatic carbocycles. The second kappa shape index (κ2) is 6.00. The molecule has 0 radical (unpaired) electrons. The van der Waals surface area contributed by atoms with Crippen molar-refractivity contribution in [2.45, 2.75) is 58.8 Å². The quantitative estimate of drug-likeness (QED) is 0.685. The summed E-state index contributed by atoms with van der Waals surface area (Å²) in [5.74, 6) is 1.36. The Morgan fingerprint density at radius 1 is 1.40 bits per heavy atom. The third-order valence-corrected chi connectivity index (χ3v) is 6.44. The monoisotopic (exact) mass is 360 g/mol. The van der Waals surface area contributed by atoms with E-state index in [-0.39, 0.29) is 5.41 Å². The fourth-order valence-corrected chi connectivity index (χ4v) is 4.87. The number of alkyl halides is 1. The van der Waals surface area contributed by atoms with Crippen LogP contribution in [0.2, 0.25) is 0 Å². The maximum Gasteiger partial charge on any atom is 0.0738 e. The lowest BCUT2D eigenvalue weighted by Crippen LogP contribution is -2.37. The lowest BCUT2D eigenvalue weighted by Gasteiger charge is -2.42. The fourth-order valence-electron chi connectivity index (χ4n) is 3.63. The highest BCUT2D eigenvalue weighted by Gasteiger charge is 2.39. The smallest absolute Gasteiger partial charge is 0.0738 e. The van der Waals surface area contributed by atoms with E-state index in [1.165, 1.54) is 18.5 Å². The average molecular weight is 362 g/mol. The lowest BCUT2D eigenvalue weighted by atomic mass is 9.67. The Morgan fingerprint density at radius 2 is 2.05 bits per heavy atom. The summed E-state index contributed by atoms with van der Waals surface area (Å²) >= 11 is 10.4. The van der Waals surface area contributed by atoms with Crippen molar-refractivity contribution >= 4 is 27.5 Å². The van der Waals surface area contributed by atoms with E-state index in [2.05, 4.69) is 41.8 Å². The number of nitrogens with zero attached hydrogens (tertiary/aromatic N) is 2.